The van der Waals surface area contributed by atoms with E-state index >= 15 is 0 Å². The number of fused-ring (bicyclic) bond motifs is 1. The Kier molecular flexibility index (Phi) is 2.91. The predicted octanol–water partition coefficient (Wildman–Crippen LogP) is 3.88. The molecule has 1 saturated carbocycles. The molecule has 1 unspecified atom stereocenters. The summed E-state index contributed by atoms with van der Waals surface area (Å²) in [5.74, 6) is 1.43. The van der Waals surface area contributed by atoms with Gasteiger partial charge in [-0.05, 0) is 64.7 Å². The quantitative estimate of drug-likeness (QED) is 0.741. The van der Waals surface area contributed by atoms with Crippen molar-refractivity contribution in [1.29, 1.82) is 0 Å². The van der Waals surface area contributed by atoms with Crippen LogP contribution in [0.4, 0.5) is 0 Å². The molecule has 0 amide bonds. The topological polar surface area (TPSA) is 34.1 Å². The summed E-state index contributed by atoms with van der Waals surface area (Å²) in [5.41, 5.74) is 1.01. The van der Waals surface area contributed by atoms with Crippen molar-refractivity contribution in [3.05, 3.63) is 26.6 Å². The second-order valence-corrected chi connectivity index (χ2v) is 8.67. The van der Waals surface area contributed by atoms with E-state index in [4.69, 9.17) is 0 Å². The van der Waals surface area contributed by atoms with Crippen LogP contribution >= 0.6 is 31.9 Å². The van der Waals surface area contributed by atoms with Crippen molar-refractivity contribution in [3.63, 3.8) is 0 Å². The molecule has 92 valence electrons. The molecule has 0 N–H and O–H groups in total. The van der Waals surface area contributed by atoms with Crippen LogP contribution in [0.15, 0.2) is 26.0 Å². The van der Waals surface area contributed by atoms with Crippen LogP contribution in [0.2, 0.25) is 0 Å². The van der Waals surface area contributed by atoms with Gasteiger partial charge in [0.25, 0.3) is 0 Å². The first-order valence-corrected chi connectivity index (χ1v) is 8.94. The van der Waals surface area contributed by atoms with Crippen LogP contribution in [-0.2, 0) is 9.84 Å². The molecule has 2 aliphatic rings. The summed E-state index contributed by atoms with van der Waals surface area (Å²) in [4.78, 5) is 0.531. The lowest BCUT2D eigenvalue weighted by Gasteiger charge is -2.26. The average Bonchev–Trinajstić information content (AvgIpc) is 2.99. The number of benzene rings is 1. The van der Waals surface area contributed by atoms with E-state index in [2.05, 4.69) is 31.9 Å². The molecular formula is C12H12Br2O2S. The van der Waals surface area contributed by atoms with E-state index in [9.17, 15) is 8.42 Å². The fourth-order valence-electron chi connectivity index (χ4n) is 2.71. The predicted molar refractivity (Wildman–Crippen MR) is 74.0 cm³/mol. The molecular weight excluding hydrogens is 368 g/mol. The van der Waals surface area contributed by atoms with E-state index in [1.807, 2.05) is 12.1 Å². The Labute approximate surface area is 118 Å². The molecule has 0 saturated heterocycles. The van der Waals surface area contributed by atoms with Crippen molar-refractivity contribution in [2.24, 2.45) is 5.92 Å². The van der Waals surface area contributed by atoms with Crippen LogP contribution in [0.5, 0.6) is 0 Å². The molecule has 0 spiro atoms. The lowest BCUT2D eigenvalue weighted by atomic mass is 9.91. The second-order valence-electron chi connectivity index (χ2n) is 4.86. The minimum atomic E-state index is -3.10. The fraction of sp³-hybridized carbons (Fsp3) is 0.500. The van der Waals surface area contributed by atoms with Crippen molar-refractivity contribution < 1.29 is 8.42 Å². The van der Waals surface area contributed by atoms with Crippen molar-refractivity contribution in [1.82, 2.24) is 0 Å². The number of rotatable bonds is 1. The zero-order valence-corrected chi connectivity index (χ0v) is 13.1. The van der Waals surface area contributed by atoms with Gasteiger partial charge in [0.1, 0.15) is 0 Å². The lowest BCUT2D eigenvalue weighted by Crippen LogP contribution is -2.21. The molecule has 17 heavy (non-hydrogen) atoms. The smallest absolute Gasteiger partial charge is 0.179 e. The number of hydrogen-bond donors (Lipinski definition) is 0. The summed E-state index contributed by atoms with van der Waals surface area (Å²) in [5, 5.41) is 0. The summed E-state index contributed by atoms with van der Waals surface area (Å²) in [6.45, 7) is 0. The van der Waals surface area contributed by atoms with Gasteiger partial charge in [-0.25, -0.2) is 8.42 Å². The Hall–Kier alpha value is 0.130. The highest BCUT2D eigenvalue weighted by molar-refractivity contribution is 9.11. The van der Waals surface area contributed by atoms with Gasteiger partial charge in [0.15, 0.2) is 9.84 Å². The standard InChI is InChI=1S/C12H12Br2O2S/c13-8-5-10-9(7-1-2-7)3-4-17(15,16)12(10)11(14)6-8/h5-7,9H,1-4H2. The summed E-state index contributed by atoms with van der Waals surface area (Å²) >= 11 is 6.85. The molecule has 1 aromatic rings. The Morgan fingerprint density at radius 3 is 2.47 bits per heavy atom. The summed E-state index contributed by atoms with van der Waals surface area (Å²) in [7, 11) is -3.10. The van der Waals surface area contributed by atoms with Gasteiger partial charge < -0.3 is 0 Å². The summed E-state index contributed by atoms with van der Waals surface area (Å²) in [6, 6.07) is 3.81. The van der Waals surface area contributed by atoms with Gasteiger partial charge in [-0.2, -0.15) is 0 Å². The molecule has 1 aromatic carbocycles. The largest absolute Gasteiger partial charge is 0.224 e. The summed E-state index contributed by atoms with van der Waals surface area (Å²) < 4.78 is 25.9. The van der Waals surface area contributed by atoms with Crippen molar-refractivity contribution in [3.8, 4) is 0 Å². The summed E-state index contributed by atoms with van der Waals surface area (Å²) in [6.07, 6.45) is 3.27. The maximum Gasteiger partial charge on any atom is 0.179 e. The average molecular weight is 380 g/mol. The monoisotopic (exact) mass is 378 g/mol. The van der Waals surface area contributed by atoms with Crippen LogP contribution in [0, 0.1) is 5.92 Å². The van der Waals surface area contributed by atoms with E-state index in [-0.39, 0.29) is 0 Å². The van der Waals surface area contributed by atoms with Crippen LogP contribution < -0.4 is 0 Å². The Bertz CT molecular complexity index is 576. The van der Waals surface area contributed by atoms with Crippen molar-refractivity contribution in [2.45, 2.75) is 30.1 Å². The molecule has 1 fully saturated rings. The van der Waals surface area contributed by atoms with Gasteiger partial charge in [0, 0.05) is 8.95 Å². The van der Waals surface area contributed by atoms with Gasteiger partial charge in [0.05, 0.1) is 10.6 Å². The molecule has 0 aromatic heterocycles. The first kappa shape index (κ1) is 12.2. The third-order valence-corrected chi connectivity index (χ3v) is 6.83. The van der Waals surface area contributed by atoms with Gasteiger partial charge in [0.2, 0.25) is 0 Å². The molecule has 0 radical (unpaired) electrons. The number of sulfone groups is 1. The minimum Gasteiger partial charge on any atom is -0.224 e. The number of halogens is 2. The van der Waals surface area contributed by atoms with E-state index in [1.165, 1.54) is 12.8 Å². The normalized spacial score (nSPS) is 26.6. The van der Waals surface area contributed by atoms with Gasteiger partial charge in [-0.3, -0.25) is 0 Å². The van der Waals surface area contributed by atoms with E-state index in [0.29, 0.717) is 27.0 Å². The van der Waals surface area contributed by atoms with Crippen molar-refractivity contribution >= 4 is 41.7 Å². The van der Waals surface area contributed by atoms with Gasteiger partial charge >= 0.3 is 0 Å². The minimum absolute atomic E-state index is 0.293. The molecule has 5 heteroatoms. The Balaban J connectivity index is 2.24. The Morgan fingerprint density at radius 2 is 1.82 bits per heavy atom. The maximum atomic E-state index is 12.1. The zero-order chi connectivity index (χ0) is 12.2. The molecule has 1 aliphatic heterocycles. The van der Waals surface area contributed by atoms with Crippen LogP contribution in [-0.4, -0.2) is 14.2 Å². The molecule has 2 nitrogen and oxygen atoms in total. The third-order valence-electron chi connectivity index (χ3n) is 3.64. The number of hydrogen-bond acceptors (Lipinski definition) is 2. The van der Waals surface area contributed by atoms with E-state index < -0.39 is 9.84 Å². The molecule has 0 bridgehead atoms. The molecule has 1 aliphatic carbocycles. The SMILES string of the molecule is O=S1(=O)CCC(C2CC2)c2cc(Br)cc(Br)c21. The highest BCUT2D eigenvalue weighted by atomic mass is 79.9. The Morgan fingerprint density at radius 1 is 1.12 bits per heavy atom. The zero-order valence-electron chi connectivity index (χ0n) is 9.12. The van der Waals surface area contributed by atoms with Gasteiger partial charge in [-0.15, -0.1) is 0 Å². The van der Waals surface area contributed by atoms with Gasteiger partial charge in [-0.1, -0.05) is 15.9 Å². The second kappa shape index (κ2) is 4.07. The first-order chi connectivity index (χ1) is 7.99. The fourth-order valence-corrected chi connectivity index (χ4v) is 6.40. The molecule has 1 atom stereocenters. The van der Waals surface area contributed by atoms with E-state index in [0.717, 1.165) is 16.5 Å². The van der Waals surface area contributed by atoms with Crippen LogP contribution in [0.3, 0.4) is 0 Å². The van der Waals surface area contributed by atoms with Crippen LogP contribution in [0.1, 0.15) is 30.7 Å². The highest BCUT2D eigenvalue weighted by Crippen LogP contribution is 2.50. The maximum absolute atomic E-state index is 12.1. The third kappa shape index (κ3) is 2.10. The van der Waals surface area contributed by atoms with Crippen LogP contribution in [0.25, 0.3) is 0 Å². The van der Waals surface area contributed by atoms with Crippen molar-refractivity contribution in [2.75, 3.05) is 5.75 Å². The highest BCUT2D eigenvalue weighted by Gasteiger charge is 2.40. The van der Waals surface area contributed by atoms with E-state index in [1.54, 1.807) is 0 Å². The first-order valence-electron chi connectivity index (χ1n) is 5.71. The molecule has 1 heterocycles. The molecule has 3 rings (SSSR count). The lowest BCUT2D eigenvalue weighted by molar-refractivity contribution is 0.533.